The van der Waals surface area contributed by atoms with Crippen molar-refractivity contribution in [1.82, 2.24) is 10.2 Å². The maximum Gasteiger partial charge on any atom is 0.230 e. The van der Waals surface area contributed by atoms with E-state index < -0.39 is 0 Å². The molecule has 1 N–H and O–H groups in total. The first-order chi connectivity index (χ1) is 9.24. The minimum Gasteiger partial charge on any atom is -0.493 e. The molecule has 2 rings (SSSR count). The van der Waals surface area contributed by atoms with Crippen molar-refractivity contribution in [1.29, 1.82) is 0 Å². The van der Waals surface area contributed by atoms with Gasteiger partial charge in [-0.3, -0.25) is 4.79 Å². The summed E-state index contributed by atoms with van der Waals surface area (Å²) in [7, 11) is 3.81. The predicted octanol–water partition coefficient (Wildman–Crippen LogP) is 1.62. The molecule has 1 unspecified atom stereocenters. The Hall–Kier alpha value is -1.55. The molecular formula is C15H22N2O2. The number of ether oxygens (including phenoxy) is 1. The number of hydrogen-bond donors (Lipinski definition) is 1. The van der Waals surface area contributed by atoms with Gasteiger partial charge in [-0.25, -0.2) is 0 Å². The lowest BCUT2D eigenvalue weighted by molar-refractivity contribution is -0.132. The first kappa shape index (κ1) is 13.9. The first-order valence-electron chi connectivity index (χ1n) is 6.85. The van der Waals surface area contributed by atoms with Gasteiger partial charge < -0.3 is 15.0 Å². The number of benzene rings is 1. The Labute approximate surface area is 114 Å². The van der Waals surface area contributed by atoms with E-state index in [1.54, 1.807) is 0 Å². The summed E-state index contributed by atoms with van der Waals surface area (Å²) >= 11 is 0. The zero-order chi connectivity index (χ0) is 13.7. The highest BCUT2D eigenvalue weighted by Crippen LogP contribution is 2.34. The molecule has 1 aromatic carbocycles. The maximum absolute atomic E-state index is 12.5. The Bertz CT molecular complexity index is 434. The van der Waals surface area contributed by atoms with Crippen molar-refractivity contribution >= 4 is 5.91 Å². The van der Waals surface area contributed by atoms with Crippen LogP contribution in [0.3, 0.4) is 0 Å². The molecule has 0 saturated carbocycles. The topological polar surface area (TPSA) is 41.6 Å². The summed E-state index contributed by atoms with van der Waals surface area (Å²) in [5.41, 5.74) is 1.03. The normalized spacial score (nSPS) is 17.5. The summed E-state index contributed by atoms with van der Waals surface area (Å²) in [6.45, 7) is 2.35. The molecule has 0 spiro atoms. The van der Waals surface area contributed by atoms with Crippen molar-refractivity contribution < 1.29 is 9.53 Å². The standard InChI is InChI=1S/C15H22N2O2/c1-16-9-5-10-17(2)15(18)13-8-11-19-14-7-4-3-6-12(13)14/h3-4,6-7,13,16H,5,8-11H2,1-2H3. The Morgan fingerprint density at radius 1 is 1.47 bits per heavy atom. The van der Waals surface area contributed by atoms with Gasteiger partial charge in [-0.05, 0) is 32.5 Å². The molecular weight excluding hydrogens is 240 g/mol. The van der Waals surface area contributed by atoms with E-state index >= 15 is 0 Å². The van der Waals surface area contributed by atoms with Gasteiger partial charge in [-0.2, -0.15) is 0 Å². The van der Waals surface area contributed by atoms with Gasteiger partial charge in [0.1, 0.15) is 5.75 Å². The fraction of sp³-hybridized carbons (Fsp3) is 0.533. The van der Waals surface area contributed by atoms with Crippen LogP contribution in [-0.2, 0) is 4.79 Å². The lowest BCUT2D eigenvalue weighted by Crippen LogP contribution is -2.35. The van der Waals surface area contributed by atoms with Gasteiger partial charge in [0.25, 0.3) is 0 Å². The highest BCUT2D eigenvalue weighted by atomic mass is 16.5. The Kier molecular flexibility index (Phi) is 4.80. The molecule has 1 aliphatic rings. The second kappa shape index (κ2) is 6.57. The molecule has 1 heterocycles. The number of hydrogen-bond acceptors (Lipinski definition) is 3. The van der Waals surface area contributed by atoms with Crippen LogP contribution >= 0.6 is 0 Å². The number of amides is 1. The highest BCUT2D eigenvalue weighted by Gasteiger charge is 2.29. The molecule has 1 atom stereocenters. The van der Waals surface area contributed by atoms with Crippen LogP contribution in [0.5, 0.6) is 5.75 Å². The first-order valence-corrected chi connectivity index (χ1v) is 6.85. The molecule has 4 nitrogen and oxygen atoms in total. The molecule has 19 heavy (non-hydrogen) atoms. The average molecular weight is 262 g/mol. The maximum atomic E-state index is 12.5. The third-order valence-electron chi connectivity index (χ3n) is 3.55. The predicted molar refractivity (Wildman–Crippen MR) is 75.5 cm³/mol. The average Bonchev–Trinajstić information content (AvgIpc) is 2.46. The minimum absolute atomic E-state index is 0.0514. The van der Waals surface area contributed by atoms with E-state index in [1.807, 2.05) is 43.3 Å². The van der Waals surface area contributed by atoms with E-state index in [0.717, 1.165) is 37.2 Å². The van der Waals surface area contributed by atoms with Crippen LogP contribution in [0.15, 0.2) is 24.3 Å². The summed E-state index contributed by atoms with van der Waals surface area (Å²) < 4.78 is 5.60. The number of nitrogens with zero attached hydrogens (tertiary/aromatic N) is 1. The monoisotopic (exact) mass is 262 g/mol. The molecule has 0 aliphatic carbocycles. The van der Waals surface area contributed by atoms with Gasteiger partial charge in [-0.15, -0.1) is 0 Å². The molecule has 0 saturated heterocycles. The van der Waals surface area contributed by atoms with Crippen LogP contribution in [0.4, 0.5) is 0 Å². The summed E-state index contributed by atoms with van der Waals surface area (Å²) in [6.07, 6.45) is 1.75. The van der Waals surface area contributed by atoms with Crippen LogP contribution < -0.4 is 10.1 Å². The number of carbonyl (C=O) groups is 1. The van der Waals surface area contributed by atoms with E-state index in [1.165, 1.54) is 0 Å². The minimum atomic E-state index is -0.0514. The van der Waals surface area contributed by atoms with Crippen LogP contribution in [0, 0.1) is 0 Å². The molecule has 0 fully saturated rings. The smallest absolute Gasteiger partial charge is 0.230 e. The Morgan fingerprint density at radius 2 is 2.26 bits per heavy atom. The van der Waals surface area contributed by atoms with Gasteiger partial charge in [0.2, 0.25) is 5.91 Å². The van der Waals surface area contributed by atoms with Crippen LogP contribution in [0.25, 0.3) is 0 Å². The molecule has 4 heteroatoms. The van der Waals surface area contributed by atoms with Crippen molar-refractivity contribution in [3.8, 4) is 5.75 Å². The molecule has 104 valence electrons. The number of rotatable bonds is 5. The second-order valence-electron chi connectivity index (χ2n) is 4.94. The molecule has 1 amide bonds. The molecule has 1 aromatic rings. The largest absolute Gasteiger partial charge is 0.493 e. The molecule has 0 aromatic heterocycles. The fourth-order valence-corrected chi connectivity index (χ4v) is 2.47. The quantitative estimate of drug-likeness (QED) is 0.820. The van der Waals surface area contributed by atoms with Crippen molar-refractivity contribution in [2.45, 2.75) is 18.8 Å². The second-order valence-corrected chi connectivity index (χ2v) is 4.94. The number of carbonyl (C=O) groups excluding carboxylic acids is 1. The van der Waals surface area contributed by atoms with E-state index in [0.29, 0.717) is 6.61 Å². The van der Waals surface area contributed by atoms with Gasteiger partial charge in [0, 0.05) is 19.2 Å². The van der Waals surface area contributed by atoms with Gasteiger partial charge >= 0.3 is 0 Å². The van der Waals surface area contributed by atoms with Gasteiger partial charge in [0.15, 0.2) is 0 Å². The van der Waals surface area contributed by atoms with Gasteiger partial charge in [-0.1, -0.05) is 18.2 Å². The van der Waals surface area contributed by atoms with Crippen LogP contribution in [0.2, 0.25) is 0 Å². The fourth-order valence-electron chi connectivity index (χ4n) is 2.47. The van der Waals surface area contributed by atoms with E-state index in [9.17, 15) is 4.79 Å². The van der Waals surface area contributed by atoms with Crippen molar-refractivity contribution in [3.05, 3.63) is 29.8 Å². The zero-order valence-electron chi connectivity index (χ0n) is 11.7. The van der Waals surface area contributed by atoms with Crippen molar-refractivity contribution in [2.24, 2.45) is 0 Å². The van der Waals surface area contributed by atoms with Crippen molar-refractivity contribution in [2.75, 3.05) is 33.8 Å². The highest BCUT2D eigenvalue weighted by molar-refractivity contribution is 5.84. The summed E-state index contributed by atoms with van der Waals surface area (Å²) in [4.78, 5) is 14.3. The van der Waals surface area contributed by atoms with E-state index in [4.69, 9.17) is 4.74 Å². The SMILES string of the molecule is CNCCCN(C)C(=O)C1CCOc2ccccc21. The number of nitrogens with one attached hydrogen (secondary N) is 1. The van der Waals surface area contributed by atoms with Gasteiger partial charge in [0.05, 0.1) is 12.5 Å². The molecule has 0 bridgehead atoms. The number of fused-ring (bicyclic) bond motifs is 1. The lowest BCUT2D eigenvalue weighted by Gasteiger charge is -2.28. The Balaban J connectivity index is 2.04. The number of likely N-dealkylation sites (N-methyl/N-ethyl adjacent to an activating group) is 1. The molecule has 1 aliphatic heterocycles. The summed E-state index contributed by atoms with van der Waals surface area (Å²) in [5, 5.41) is 3.10. The van der Waals surface area contributed by atoms with E-state index in [-0.39, 0.29) is 11.8 Å². The van der Waals surface area contributed by atoms with E-state index in [2.05, 4.69) is 5.32 Å². The number of para-hydroxylation sites is 1. The van der Waals surface area contributed by atoms with Crippen molar-refractivity contribution in [3.63, 3.8) is 0 Å². The molecule has 0 radical (unpaired) electrons. The zero-order valence-corrected chi connectivity index (χ0v) is 11.7. The summed E-state index contributed by atoms with van der Waals surface area (Å²) in [5.74, 6) is 1.01. The third kappa shape index (κ3) is 3.26. The third-order valence-corrected chi connectivity index (χ3v) is 3.55. The lowest BCUT2D eigenvalue weighted by atomic mass is 9.92. The Morgan fingerprint density at radius 3 is 3.05 bits per heavy atom. The summed E-state index contributed by atoms with van der Waals surface area (Å²) in [6, 6.07) is 7.85. The van der Waals surface area contributed by atoms with Crippen LogP contribution in [-0.4, -0.2) is 44.6 Å². The van der Waals surface area contributed by atoms with Crippen LogP contribution in [0.1, 0.15) is 24.3 Å².